The average molecular weight is 241 g/mol. The molecule has 0 aliphatic carbocycles. The zero-order chi connectivity index (χ0) is 12.0. The molecule has 0 fully saturated rings. The van der Waals surface area contributed by atoms with Crippen LogP contribution in [0.15, 0.2) is 24.3 Å². The summed E-state index contributed by atoms with van der Waals surface area (Å²) in [6.45, 7) is 1.34. The van der Waals surface area contributed by atoms with Crippen molar-refractivity contribution in [1.29, 1.82) is 0 Å². The fourth-order valence-electron chi connectivity index (χ4n) is 1.37. The topological polar surface area (TPSA) is 32.3 Å². The second-order valence-corrected chi connectivity index (χ2v) is 4.17. The number of amides is 1. The molecule has 0 aromatic heterocycles. The molecule has 3 nitrogen and oxygen atoms in total. The van der Waals surface area contributed by atoms with Gasteiger partial charge in [-0.1, -0.05) is 23.7 Å². The summed E-state index contributed by atoms with van der Waals surface area (Å²) < 4.78 is 0. The van der Waals surface area contributed by atoms with Crippen LogP contribution in [0.4, 0.5) is 0 Å². The van der Waals surface area contributed by atoms with Crippen molar-refractivity contribution >= 4 is 17.5 Å². The molecule has 16 heavy (non-hydrogen) atoms. The Bertz CT molecular complexity index is 337. The zero-order valence-electron chi connectivity index (χ0n) is 9.66. The zero-order valence-corrected chi connectivity index (χ0v) is 10.4. The molecule has 1 aromatic carbocycles. The molecule has 88 valence electrons. The molecule has 0 bridgehead atoms. The highest BCUT2D eigenvalue weighted by Gasteiger charge is 2.07. The fraction of sp³-hybridized carbons (Fsp3) is 0.417. The van der Waals surface area contributed by atoms with Crippen LogP contribution in [0.3, 0.4) is 0 Å². The lowest BCUT2D eigenvalue weighted by Crippen LogP contribution is -2.28. The molecular formula is C12H17ClN2O. The molecular weight excluding hydrogens is 224 g/mol. The molecule has 1 amide bonds. The maximum Gasteiger partial charge on any atom is 0.223 e. The smallest absolute Gasteiger partial charge is 0.223 e. The third-order valence-corrected chi connectivity index (χ3v) is 2.60. The predicted molar refractivity (Wildman–Crippen MR) is 66.5 cm³/mol. The third-order valence-electron chi connectivity index (χ3n) is 2.35. The summed E-state index contributed by atoms with van der Waals surface area (Å²) in [6, 6.07) is 7.54. The van der Waals surface area contributed by atoms with E-state index in [9.17, 15) is 4.79 Å². The second-order valence-electron chi connectivity index (χ2n) is 3.73. The Morgan fingerprint density at radius 3 is 2.56 bits per heavy atom. The summed E-state index contributed by atoms with van der Waals surface area (Å²) in [5.41, 5.74) is 1.09. The molecule has 0 saturated carbocycles. The van der Waals surface area contributed by atoms with Gasteiger partial charge in [-0.3, -0.25) is 4.79 Å². The number of nitrogens with one attached hydrogen (secondary N) is 1. The van der Waals surface area contributed by atoms with Crippen molar-refractivity contribution in [3.63, 3.8) is 0 Å². The Morgan fingerprint density at radius 1 is 1.38 bits per heavy atom. The van der Waals surface area contributed by atoms with Gasteiger partial charge < -0.3 is 10.2 Å². The minimum atomic E-state index is 0.143. The van der Waals surface area contributed by atoms with Crippen LogP contribution in [0.1, 0.15) is 12.0 Å². The van der Waals surface area contributed by atoms with E-state index in [-0.39, 0.29) is 5.91 Å². The molecule has 0 unspecified atom stereocenters. The van der Waals surface area contributed by atoms with Gasteiger partial charge in [0, 0.05) is 31.6 Å². The number of benzene rings is 1. The lowest BCUT2D eigenvalue weighted by atomic mass is 10.2. The van der Waals surface area contributed by atoms with Crippen molar-refractivity contribution in [3.05, 3.63) is 34.9 Å². The fourth-order valence-corrected chi connectivity index (χ4v) is 1.50. The summed E-state index contributed by atoms with van der Waals surface area (Å²) in [6.07, 6.45) is 0.528. The Morgan fingerprint density at radius 2 is 2.00 bits per heavy atom. The maximum atomic E-state index is 11.6. The van der Waals surface area contributed by atoms with Crippen LogP contribution in [-0.2, 0) is 11.3 Å². The van der Waals surface area contributed by atoms with Gasteiger partial charge in [0.25, 0.3) is 0 Å². The van der Waals surface area contributed by atoms with E-state index >= 15 is 0 Å². The van der Waals surface area contributed by atoms with Gasteiger partial charge in [-0.15, -0.1) is 0 Å². The minimum absolute atomic E-state index is 0.143. The first-order valence-electron chi connectivity index (χ1n) is 5.26. The van der Waals surface area contributed by atoms with E-state index < -0.39 is 0 Å². The number of halogens is 1. The molecule has 0 radical (unpaired) electrons. The lowest BCUT2D eigenvalue weighted by Gasteiger charge is -2.17. The summed E-state index contributed by atoms with van der Waals surface area (Å²) in [5, 5.41) is 3.68. The number of hydrogen-bond acceptors (Lipinski definition) is 2. The van der Waals surface area contributed by atoms with Crippen LogP contribution < -0.4 is 5.32 Å². The third kappa shape index (κ3) is 4.21. The van der Waals surface area contributed by atoms with Crippen LogP contribution in [0, 0.1) is 0 Å². The molecule has 0 atom stereocenters. The van der Waals surface area contributed by atoms with E-state index in [0.29, 0.717) is 24.5 Å². The monoisotopic (exact) mass is 240 g/mol. The second kappa shape index (κ2) is 6.51. The minimum Gasteiger partial charge on any atom is -0.341 e. The number of nitrogens with zero attached hydrogens (tertiary/aromatic N) is 1. The molecule has 1 N–H and O–H groups in total. The van der Waals surface area contributed by atoms with Crippen molar-refractivity contribution in [2.45, 2.75) is 13.0 Å². The molecule has 0 aliphatic heterocycles. The first-order chi connectivity index (χ1) is 7.63. The van der Waals surface area contributed by atoms with Crippen LogP contribution >= 0.6 is 11.6 Å². The number of carbonyl (C=O) groups is 1. The number of rotatable bonds is 5. The summed E-state index contributed by atoms with van der Waals surface area (Å²) >= 11 is 5.79. The van der Waals surface area contributed by atoms with Gasteiger partial charge in [-0.2, -0.15) is 0 Å². The number of carbonyl (C=O) groups excluding carboxylic acids is 1. The first-order valence-corrected chi connectivity index (χ1v) is 5.64. The Hall–Kier alpha value is -1.06. The van der Waals surface area contributed by atoms with E-state index in [2.05, 4.69) is 5.32 Å². The van der Waals surface area contributed by atoms with Crippen molar-refractivity contribution in [1.82, 2.24) is 10.2 Å². The summed E-state index contributed by atoms with van der Waals surface area (Å²) in [5.74, 6) is 0.143. The average Bonchev–Trinajstić information content (AvgIpc) is 2.29. The van der Waals surface area contributed by atoms with Crippen molar-refractivity contribution in [3.8, 4) is 0 Å². The molecule has 0 spiro atoms. The van der Waals surface area contributed by atoms with Crippen LogP contribution in [0.25, 0.3) is 0 Å². The van der Waals surface area contributed by atoms with Crippen molar-refractivity contribution < 1.29 is 4.79 Å². The van der Waals surface area contributed by atoms with Crippen LogP contribution in [0.2, 0.25) is 5.02 Å². The SMILES string of the molecule is CNCCC(=O)N(C)Cc1ccc(Cl)cc1. The highest BCUT2D eigenvalue weighted by molar-refractivity contribution is 6.30. The molecule has 0 saturated heterocycles. The largest absolute Gasteiger partial charge is 0.341 e. The molecule has 1 rings (SSSR count). The highest BCUT2D eigenvalue weighted by atomic mass is 35.5. The van der Waals surface area contributed by atoms with Gasteiger partial charge in [-0.25, -0.2) is 0 Å². The van der Waals surface area contributed by atoms with Crippen molar-refractivity contribution in [2.75, 3.05) is 20.6 Å². The molecule has 0 aliphatic rings. The lowest BCUT2D eigenvalue weighted by molar-refractivity contribution is -0.130. The maximum absolute atomic E-state index is 11.6. The normalized spacial score (nSPS) is 10.2. The van der Waals surface area contributed by atoms with E-state index in [4.69, 9.17) is 11.6 Å². The van der Waals surface area contributed by atoms with Gasteiger partial charge in [0.05, 0.1) is 0 Å². The van der Waals surface area contributed by atoms with Gasteiger partial charge in [-0.05, 0) is 24.7 Å². The molecule has 1 aromatic rings. The highest BCUT2D eigenvalue weighted by Crippen LogP contribution is 2.11. The van der Waals surface area contributed by atoms with Crippen LogP contribution in [-0.4, -0.2) is 31.4 Å². The standard InChI is InChI=1S/C12H17ClN2O/c1-14-8-7-12(16)15(2)9-10-3-5-11(13)6-4-10/h3-6,14H,7-9H2,1-2H3. The van der Waals surface area contributed by atoms with Gasteiger partial charge in [0.2, 0.25) is 5.91 Å². The first kappa shape index (κ1) is 13.0. The predicted octanol–water partition coefficient (Wildman–Crippen LogP) is 1.91. The van der Waals surface area contributed by atoms with Gasteiger partial charge in [0.15, 0.2) is 0 Å². The van der Waals surface area contributed by atoms with E-state index in [1.54, 1.807) is 4.90 Å². The Labute approximate surface area is 101 Å². The van der Waals surface area contributed by atoms with Gasteiger partial charge in [0.1, 0.15) is 0 Å². The number of hydrogen-bond donors (Lipinski definition) is 1. The van der Waals surface area contributed by atoms with Gasteiger partial charge >= 0.3 is 0 Å². The van der Waals surface area contributed by atoms with Crippen molar-refractivity contribution in [2.24, 2.45) is 0 Å². The van der Waals surface area contributed by atoms with E-state index in [0.717, 1.165) is 5.56 Å². The summed E-state index contributed by atoms with van der Waals surface area (Å²) in [7, 11) is 3.65. The quantitative estimate of drug-likeness (QED) is 0.853. The van der Waals surface area contributed by atoms with E-state index in [1.165, 1.54) is 0 Å². The molecule has 4 heteroatoms. The van der Waals surface area contributed by atoms with E-state index in [1.807, 2.05) is 38.4 Å². The van der Waals surface area contributed by atoms with Crippen LogP contribution in [0.5, 0.6) is 0 Å². The summed E-state index contributed by atoms with van der Waals surface area (Å²) in [4.78, 5) is 13.4. The Kier molecular flexibility index (Phi) is 5.29. The Balaban J connectivity index is 2.47. The molecule has 0 heterocycles.